The van der Waals surface area contributed by atoms with Crippen LogP contribution >= 0.6 is 0 Å². The number of nitrogens with zero attached hydrogens (tertiary/aromatic N) is 1. The number of ether oxygens (including phenoxy) is 2. The lowest BCUT2D eigenvalue weighted by atomic mass is 10.00. The number of aliphatic hydroxyl groups is 1. The molecule has 19 heavy (non-hydrogen) atoms. The molecule has 1 fully saturated rings. The average Bonchev–Trinajstić information content (AvgIpc) is 2.37. The summed E-state index contributed by atoms with van der Waals surface area (Å²) in [5.74, 6) is 1.61. The molecular formula is C14H19NO4. The van der Waals surface area contributed by atoms with Crippen LogP contribution in [0.4, 0.5) is 0 Å². The van der Waals surface area contributed by atoms with Gasteiger partial charge in [-0.3, -0.25) is 4.79 Å². The highest BCUT2D eigenvalue weighted by Gasteiger charge is 2.29. The van der Waals surface area contributed by atoms with Crippen LogP contribution in [0.2, 0.25) is 0 Å². The lowest BCUT2D eigenvalue weighted by molar-refractivity contribution is -0.137. The Kier molecular flexibility index (Phi) is 4.27. The zero-order valence-corrected chi connectivity index (χ0v) is 11.3. The second kappa shape index (κ2) is 5.93. The molecule has 0 aliphatic carbocycles. The minimum Gasteiger partial charge on any atom is -0.493 e. The third kappa shape index (κ3) is 2.98. The van der Waals surface area contributed by atoms with Crippen molar-refractivity contribution in [2.24, 2.45) is 5.92 Å². The van der Waals surface area contributed by atoms with Gasteiger partial charge in [-0.1, -0.05) is 6.07 Å². The van der Waals surface area contributed by atoms with Gasteiger partial charge in [0, 0.05) is 25.6 Å². The molecule has 104 valence electrons. The van der Waals surface area contributed by atoms with Crippen LogP contribution in [0.25, 0.3) is 0 Å². The summed E-state index contributed by atoms with van der Waals surface area (Å²) in [6, 6.07) is 5.48. The van der Waals surface area contributed by atoms with Gasteiger partial charge < -0.3 is 19.5 Å². The maximum absolute atomic E-state index is 12.0. The fraction of sp³-hybridized carbons (Fsp3) is 0.500. The van der Waals surface area contributed by atoms with E-state index in [9.17, 15) is 4.79 Å². The van der Waals surface area contributed by atoms with Crippen LogP contribution in [0.3, 0.4) is 0 Å². The van der Waals surface area contributed by atoms with E-state index >= 15 is 0 Å². The monoisotopic (exact) mass is 265 g/mol. The molecule has 0 atom stereocenters. The molecule has 1 heterocycles. The first-order valence-electron chi connectivity index (χ1n) is 6.27. The Morgan fingerprint density at radius 3 is 2.58 bits per heavy atom. The van der Waals surface area contributed by atoms with Crippen LogP contribution < -0.4 is 9.47 Å². The Morgan fingerprint density at radius 2 is 2.00 bits per heavy atom. The number of benzene rings is 1. The van der Waals surface area contributed by atoms with Gasteiger partial charge in [-0.05, 0) is 17.7 Å². The molecule has 5 nitrogen and oxygen atoms in total. The van der Waals surface area contributed by atoms with Gasteiger partial charge in [0.25, 0.3) is 0 Å². The first kappa shape index (κ1) is 13.7. The molecule has 0 unspecified atom stereocenters. The van der Waals surface area contributed by atoms with E-state index in [0.717, 1.165) is 5.56 Å². The van der Waals surface area contributed by atoms with Crippen molar-refractivity contribution in [2.45, 2.75) is 6.42 Å². The van der Waals surface area contributed by atoms with Crippen LogP contribution in [0.5, 0.6) is 11.5 Å². The van der Waals surface area contributed by atoms with Gasteiger partial charge in [0.2, 0.25) is 5.91 Å². The summed E-state index contributed by atoms with van der Waals surface area (Å²) in [6.07, 6.45) is 0.346. The summed E-state index contributed by atoms with van der Waals surface area (Å²) in [6.45, 7) is 1.46. The molecule has 0 saturated carbocycles. The quantitative estimate of drug-likeness (QED) is 0.851. The fourth-order valence-electron chi connectivity index (χ4n) is 2.17. The predicted molar refractivity (Wildman–Crippen MR) is 70.4 cm³/mol. The van der Waals surface area contributed by atoms with E-state index in [-0.39, 0.29) is 18.4 Å². The Labute approximate surface area is 112 Å². The summed E-state index contributed by atoms with van der Waals surface area (Å²) in [4.78, 5) is 13.7. The third-order valence-corrected chi connectivity index (χ3v) is 3.37. The molecule has 1 saturated heterocycles. The summed E-state index contributed by atoms with van der Waals surface area (Å²) in [5, 5.41) is 8.93. The van der Waals surface area contributed by atoms with Crippen molar-refractivity contribution in [2.75, 3.05) is 33.9 Å². The first-order valence-corrected chi connectivity index (χ1v) is 6.27. The number of hydrogen-bond acceptors (Lipinski definition) is 4. The highest BCUT2D eigenvalue weighted by molar-refractivity contribution is 5.79. The van der Waals surface area contributed by atoms with Crippen molar-refractivity contribution in [3.8, 4) is 11.5 Å². The van der Waals surface area contributed by atoms with Gasteiger partial charge in [0.1, 0.15) is 0 Å². The van der Waals surface area contributed by atoms with Crippen molar-refractivity contribution in [3.05, 3.63) is 23.8 Å². The second-order valence-corrected chi connectivity index (χ2v) is 4.71. The van der Waals surface area contributed by atoms with Gasteiger partial charge >= 0.3 is 0 Å². The van der Waals surface area contributed by atoms with E-state index in [1.54, 1.807) is 25.2 Å². The highest BCUT2D eigenvalue weighted by Crippen LogP contribution is 2.28. The molecule has 5 heteroatoms. The second-order valence-electron chi connectivity index (χ2n) is 4.71. The maximum Gasteiger partial charge on any atom is 0.227 e. The number of methoxy groups -OCH3 is 2. The van der Waals surface area contributed by atoms with Crippen molar-refractivity contribution < 1.29 is 19.4 Å². The Balaban J connectivity index is 1.97. The molecule has 1 amide bonds. The zero-order valence-electron chi connectivity index (χ0n) is 11.3. The van der Waals surface area contributed by atoms with Crippen molar-refractivity contribution in [1.82, 2.24) is 4.90 Å². The normalized spacial score (nSPS) is 15.0. The number of likely N-dealkylation sites (tertiary alicyclic amines) is 1. The molecule has 1 aromatic rings. The van der Waals surface area contributed by atoms with Crippen molar-refractivity contribution >= 4 is 5.91 Å². The van der Waals surface area contributed by atoms with E-state index in [1.165, 1.54) is 0 Å². The van der Waals surface area contributed by atoms with E-state index in [2.05, 4.69) is 0 Å². The van der Waals surface area contributed by atoms with Crippen LogP contribution in [-0.4, -0.2) is 49.8 Å². The van der Waals surface area contributed by atoms with Crippen LogP contribution in [0.15, 0.2) is 18.2 Å². The molecular weight excluding hydrogens is 246 g/mol. The predicted octanol–water partition coefficient (Wildman–Crippen LogP) is 0.697. The number of hydrogen-bond donors (Lipinski definition) is 1. The summed E-state index contributed by atoms with van der Waals surface area (Å²) in [7, 11) is 3.16. The smallest absolute Gasteiger partial charge is 0.227 e. The minimum absolute atomic E-state index is 0.0805. The van der Waals surface area contributed by atoms with Crippen molar-refractivity contribution in [1.29, 1.82) is 0 Å². The van der Waals surface area contributed by atoms with Crippen LogP contribution in [0, 0.1) is 5.92 Å². The van der Waals surface area contributed by atoms with E-state index in [4.69, 9.17) is 14.6 Å². The fourth-order valence-corrected chi connectivity index (χ4v) is 2.17. The van der Waals surface area contributed by atoms with Gasteiger partial charge in [0.05, 0.1) is 20.6 Å². The average molecular weight is 265 g/mol. The molecule has 1 aliphatic rings. The van der Waals surface area contributed by atoms with Crippen LogP contribution in [-0.2, 0) is 11.2 Å². The summed E-state index contributed by atoms with van der Waals surface area (Å²) in [5.41, 5.74) is 0.898. The molecule has 0 radical (unpaired) electrons. The SMILES string of the molecule is COc1ccc(CC(=O)N2CC(CO)C2)cc1OC. The molecule has 0 bridgehead atoms. The first-order chi connectivity index (χ1) is 9.17. The number of rotatable bonds is 5. The van der Waals surface area contributed by atoms with Crippen molar-refractivity contribution in [3.63, 3.8) is 0 Å². The Bertz CT molecular complexity index is 455. The van der Waals surface area contributed by atoms with E-state index in [1.807, 2.05) is 12.1 Å². The zero-order chi connectivity index (χ0) is 13.8. The van der Waals surface area contributed by atoms with Gasteiger partial charge in [0.15, 0.2) is 11.5 Å². The molecule has 0 spiro atoms. The minimum atomic E-state index is 0.0805. The molecule has 1 N–H and O–H groups in total. The lowest BCUT2D eigenvalue weighted by Crippen LogP contribution is -2.51. The van der Waals surface area contributed by atoms with E-state index < -0.39 is 0 Å². The third-order valence-electron chi connectivity index (χ3n) is 3.37. The number of amides is 1. The Hall–Kier alpha value is -1.75. The molecule has 2 rings (SSSR count). The van der Waals surface area contributed by atoms with Gasteiger partial charge in [-0.15, -0.1) is 0 Å². The van der Waals surface area contributed by atoms with Gasteiger partial charge in [-0.25, -0.2) is 0 Å². The maximum atomic E-state index is 12.0. The Morgan fingerprint density at radius 1 is 1.32 bits per heavy atom. The lowest BCUT2D eigenvalue weighted by Gasteiger charge is -2.38. The largest absolute Gasteiger partial charge is 0.493 e. The summed E-state index contributed by atoms with van der Waals surface area (Å²) < 4.78 is 10.4. The number of aliphatic hydroxyl groups excluding tert-OH is 1. The number of carbonyl (C=O) groups excluding carboxylic acids is 1. The standard InChI is InChI=1S/C14H19NO4/c1-18-12-4-3-10(5-13(12)19-2)6-14(17)15-7-11(8-15)9-16/h3-5,11,16H,6-9H2,1-2H3. The summed E-state index contributed by atoms with van der Waals surface area (Å²) >= 11 is 0. The highest BCUT2D eigenvalue weighted by atomic mass is 16.5. The molecule has 1 aromatic carbocycles. The topological polar surface area (TPSA) is 59.0 Å². The van der Waals surface area contributed by atoms with Crippen LogP contribution in [0.1, 0.15) is 5.56 Å². The number of carbonyl (C=O) groups is 1. The van der Waals surface area contributed by atoms with Gasteiger partial charge in [-0.2, -0.15) is 0 Å². The van der Waals surface area contributed by atoms with E-state index in [0.29, 0.717) is 31.0 Å². The molecule has 0 aromatic heterocycles. The molecule has 1 aliphatic heterocycles.